The Bertz CT molecular complexity index is 333. The molecule has 12 heavy (non-hydrogen) atoms. The van der Waals surface area contributed by atoms with Crippen LogP contribution in [0.3, 0.4) is 0 Å². The van der Waals surface area contributed by atoms with Gasteiger partial charge in [-0.1, -0.05) is 18.1 Å². The fourth-order valence-corrected chi connectivity index (χ4v) is 1.01. The van der Waals surface area contributed by atoms with Crippen LogP contribution in [0.5, 0.6) is 0 Å². The Morgan fingerprint density at radius 2 is 2.33 bits per heavy atom. The van der Waals surface area contributed by atoms with Crippen LogP contribution in [0.25, 0.3) is 0 Å². The van der Waals surface area contributed by atoms with Crippen molar-refractivity contribution in [2.24, 2.45) is 0 Å². The maximum Gasteiger partial charge on any atom is 0.193 e. The molecule has 1 aromatic carbocycles. The number of hydrogen-bond acceptors (Lipinski definition) is 1. The number of rotatable bonds is 1. The van der Waals surface area contributed by atoms with Gasteiger partial charge in [0.05, 0.1) is 0 Å². The Kier molecular flexibility index (Phi) is 3.37. The molecule has 0 spiro atoms. The zero-order valence-corrected chi connectivity index (χ0v) is 7.14. The van der Waals surface area contributed by atoms with Gasteiger partial charge in [-0.2, -0.15) is 0 Å². The third kappa shape index (κ3) is 2.41. The molecule has 1 rings (SSSR count). The van der Waals surface area contributed by atoms with Crippen molar-refractivity contribution in [3.8, 4) is 11.8 Å². The summed E-state index contributed by atoms with van der Waals surface area (Å²) < 4.78 is 0. The highest BCUT2D eigenvalue weighted by Crippen LogP contribution is 2.06. The van der Waals surface area contributed by atoms with E-state index in [1.54, 1.807) is 0 Å². The molecule has 0 N–H and O–H groups in total. The maximum absolute atomic E-state index is 9.93. The van der Waals surface area contributed by atoms with Crippen molar-refractivity contribution in [3.63, 3.8) is 0 Å². The first kappa shape index (κ1) is 8.83. The van der Waals surface area contributed by atoms with Crippen molar-refractivity contribution >= 4 is 17.9 Å². The van der Waals surface area contributed by atoms with Crippen LogP contribution in [-0.4, -0.2) is 6.29 Å². The average Bonchev–Trinajstić information content (AvgIpc) is 2.15. The molecule has 0 unspecified atom stereocenters. The molecule has 0 radical (unpaired) electrons. The molecule has 0 atom stereocenters. The van der Waals surface area contributed by atoms with Gasteiger partial charge in [0, 0.05) is 11.4 Å². The second kappa shape index (κ2) is 4.58. The van der Waals surface area contributed by atoms with Gasteiger partial charge in [-0.3, -0.25) is 4.79 Å². The normalized spacial score (nSPS) is 8.42. The Balaban J connectivity index is 2.93. The van der Waals surface area contributed by atoms with Crippen LogP contribution in [0.15, 0.2) is 24.3 Å². The molecule has 0 fully saturated rings. The summed E-state index contributed by atoms with van der Waals surface area (Å²) in [6, 6.07) is 7.49. The first-order valence-corrected chi connectivity index (χ1v) is 4.00. The lowest BCUT2D eigenvalue weighted by Gasteiger charge is -1.94. The number of carbonyl (C=O) groups is 1. The smallest absolute Gasteiger partial charge is 0.193 e. The SMILES string of the molecule is O=CC#Cc1cccc(CCl)c1. The Morgan fingerprint density at radius 1 is 1.50 bits per heavy atom. The van der Waals surface area contributed by atoms with Crippen LogP contribution in [0.2, 0.25) is 0 Å². The van der Waals surface area contributed by atoms with Gasteiger partial charge in [0.2, 0.25) is 0 Å². The van der Waals surface area contributed by atoms with Crippen molar-refractivity contribution in [2.45, 2.75) is 5.88 Å². The van der Waals surface area contributed by atoms with Crippen molar-refractivity contribution in [1.29, 1.82) is 0 Å². The molecule has 0 heterocycles. The minimum Gasteiger partial charge on any atom is -0.289 e. The quantitative estimate of drug-likeness (QED) is 0.365. The van der Waals surface area contributed by atoms with E-state index < -0.39 is 0 Å². The third-order valence-electron chi connectivity index (χ3n) is 1.36. The molecular weight excluding hydrogens is 172 g/mol. The van der Waals surface area contributed by atoms with Gasteiger partial charge in [0.1, 0.15) is 0 Å². The van der Waals surface area contributed by atoms with Crippen molar-refractivity contribution in [2.75, 3.05) is 0 Å². The number of alkyl halides is 1. The van der Waals surface area contributed by atoms with E-state index in [-0.39, 0.29) is 0 Å². The highest BCUT2D eigenvalue weighted by molar-refractivity contribution is 6.17. The largest absolute Gasteiger partial charge is 0.289 e. The van der Waals surface area contributed by atoms with Crippen molar-refractivity contribution in [1.82, 2.24) is 0 Å². The molecule has 0 bridgehead atoms. The van der Waals surface area contributed by atoms with Gasteiger partial charge < -0.3 is 0 Å². The van der Waals surface area contributed by atoms with Gasteiger partial charge in [-0.15, -0.1) is 11.6 Å². The summed E-state index contributed by atoms with van der Waals surface area (Å²) in [7, 11) is 0. The van der Waals surface area contributed by atoms with E-state index in [1.807, 2.05) is 24.3 Å². The summed E-state index contributed by atoms with van der Waals surface area (Å²) in [4.78, 5) is 9.93. The van der Waals surface area contributed by atoms with E-state index in [2.05, 4.69) is 11.8 Å². The lowest BCUT2D eigenvalue weighted by atomic mass is 10.1. The van der Waals surface area contributed by atoms with Crippen LogP contribution in [0, 0.1) is 11.8 Å². The molecule has 1 nitrogen and oxygen atoms in total. The number of hydrogen-bond donors (Lipinski definition) is 0. The standard InChI is InChI=1S/C10H7ClO/c11-8-10-4-1-3-9(7-10)5-2-6-12/h1,3-4,6-7H,8H2. The van der Waals surface area contributed by atoms with E-state index in [1.165, 1.54) is 0 Å². The molecule has 0 aliphatic carbocycles. The highest BCUT2D eigenvalue weighted by atomic mass is 35.5. The van der Waals surface area contributed by atoms with Crippen molar-refractivity contribution in [3.05, 3.63) is 35.4 Å². The van der Waals surface area contributed by atoms with E-state index in [0.717, 1.165) is 11.1 Å². The molecule has 60 valence electrons. The first-order valence-electron chi connectivity index (χ1n) is 3.47. The summed E-state index contributed by atoms with van der Waals surface area (Å²) in [5, 5.41) is 0. The van der Waals surface area contributed by atoms with E-state index >= 15 is 0 Å². The molecule has 0 aliphatic heterocycles. The second-order valence-electron chi connectivity index (χ2n) is 2.22. The lowest BCUT2D eigenvalue weighted by Crippen LogP contribution is -1.79. The fourth-order valence-electron chi connectivity index (χ4n) is 0.845. The summed E-state index contributed by atoms with van der Waals surface area (Å²) in [6.07, 6.45) is 0.577. The minimum atomic E-state index is 0.469. The highest BCUT2D eigenvalue weighted by Gasteiger charge is 1.90. The third-order valence-corrected chi connectivity index (χ3v) is 1.67. The number of halogens is 1. The van der Waals surface area contributed by atoms with Gasteiger partial charge in [-0.05, 0) is 23.6 Å². The Hall–Kier alpha value is -1.26. The number of benzene rings is 1. The maximum atomic E-state index is 9.93. The number of aldehydes is 1. The molecule has 0 amide bonds. The predicted octanol–water partition coefficient (Wildman–Crippen LogP) is 1.98. The zero-order valence-electron chi connectivity index (χ0n) is 6.38. The molecule has 2 heteroatoms. The Morgan fingerprint density at radius 3 is 3.00 bits per heavy atom. The van der Waals surface area contributed by atoms with Gasteiger partial charge in [-0.25, -0.2) is 0 Å². The second-order valence-corrected chi connectivity index (χ2v) is 2.49. The number of carbonyl (C=O) groups excluding carboxylic acids is 1. The average molecular weight is 179 g/mol. The van der Waals surface area contributed by atoms with Crippen LogP contribution in [0.4, 0.5) is 0 Å². The van der Waals surface area contributed by atoms with Crippen LogP contribution < -0.4 is 0 Å². The van der Waals surface area contributed by atoms with Gasteiger partial charge in [0.25, 0.3) is 0 Å². The van der Waals surface area contributed by atoms with E-state index in [0.29, 0.717) is 12.2 Å². The molecule has 0 saturated heterocycles. The topological polar surface area (TPSA) is 17.1 Å². The van der Waals surface area contributed by atoms with E-state index in [9.17, 15) is 4.79 Å². The summed E-state index contributed by atoms with van der Waals surface area (Å²) in [6.45, 7) is 0. The molecule has 0 saturated carbocycles. The molecule has 0 aromatic heterocycles. The van der Waals surface area contributed by atoms with Gasteiger partial charge >= 0.3 is 0 Å². The van der Waals surface area contributed by atoms with E-state index in [4.69, 9.17) is 11.6 Å². The summed E-state index contributed by atoms with van der Waals surface area (Å²) in [5.74, 6) is 5.50. The molecule has 1 aromatic rings. The Labute approximate surface area is 76.4 Å². The monoisotopic (exact) mass is 178 g/mol. The van der Waals surface area contributed by atoms with Gasteiger partial charge in [0.15, 0.2) is 6.29 Å². The summed E-state index contributed by atoms with van der Waals surface area (Å²) >= 11 is 5.62. The van der Waals surface area contributed by atoms with Crippen LogP contribution in [-0.2, 0) is 10.7 Å². The molecular formula is C10H7ClO. The van der Waals surface area contributed by atoms with Crippen LogP contribution >= 0.6 is 11.6 Å². The predicted molar refractivity (Wildman–Crippen MR) is 48.9 cm³/mol. The minimum absolute atomic E-state index is 0.469. The van der Waals surface area contributed by atoms with Crippen LogP contribution in [0.1, 0.15) is 11.1 Å². The first-order chi connectivity index (χ1) is 5.86. The zero-order chi connectivity index (χ0) is 8.81. The van der Waals surface area contributed by atoms with Crippen molar-refractivity contribution < 1.29 is 4.79 Å². The molecule has 0 aliphatic rings. The lowest BCUT2D eigenvalue weighted by molar-refractivity contribution is -0.103. The fraction of sp³-hybridized carbons (Fsp3) is 0.100. The summed E-state index contributed by atoms with van der Waals surface area (Å²) in [5.41, 5.74) is 1.83.